The van der Waals surface area contributed by atoms with Crippen molar-refractivity contribution in [2.45, 2.75) is 25.7 Å². The highest BCUT2D eigenvalue weighted by molar-refractivity contribution is 5.95. The Balaban J connectivity index is 1.59. The normalized spacial score (nSPS) is 14.7. The Morgan fingerprint density at radius 2 is 1.82 bits per heavy atom. The van der Waals surface area contributed by atoms with E-state index in [4.69, 9.17) is 0 Å². The number of nitro groups is 1. The molecule has 6 nitrogen and oxygen atoms in total. The topological polar surface area (TPSA) is 66.7 Å². The van der Waals surface area contributed by atoms with Gasteiger partial charge in [0.05, 0.1) is 4.92 Å². The van der Waals surface area contributed by atoms with Crippen molar-refractivity contribution in [3.63, 3.8) is 0 Å². The summed E-state index contributed by atoms with van der Waals surface area (Å²) in [6.07, 6.45) is 4.17. The number of likely N-dealkylation sites (tertiary alicyclic amines) is 1. The maximum Gasteiger partial charge on any atom is 0.293 e. The Labute approximate surface area is 165 Å². The predicted octanol–water partition coefficient (Wildman–Crippen LogP) is 4.15. The fraction of sp³-hybridized carbons (Fsp3) is 0.409. The number of nitrogens with zero attached hydrogens (tertiary/aromatic N) is 3. The number of amides is 1. The number of piperidine rings is 1. The van der Waals surface area contributed by atoms with Gasteiger partial charge in [0.2, 0.25) is 0 Å². The van der Waals surface area contributed by atoms with Gasteiger partial charge in [-0.25, -0.2) is 0 Å². The molecule has 3 rings (SSSR count). The molecular weight excluding hydrogens is 354 g/mol. The number of hydrogen-bond donors (Lipinski definition) is 0. The van der Waals surface area contributed by atoms with Crippen molar-refractivity contribution in [1.82, 2.24) is 4.90 Å². The minimum atomic E-state index is -0.429. The number of rotatable bonds is 6. The average molecular weight is 381 g/mol. The van der Waals surface area contributed by atoms with Gasteiger partial charge < -0.3 is 9.80 Å². The monoisotopic (exact) mass is 381 g/mol. The molecule has 1 amide bonds. The summed E-state index contributed by atoms with van der Waals surface area (Å²) in [5, 5.41) is 11.4. The van der Waals surface area contributed by atoms with Gasteiger partial charge in [-0.2, -0.15) is 0 Å². The lowest BCUT2D eigenvalue weighted by molar-refractivity contribution is -0.384. The Kier molecular flexibility index (Phi) is 6.29. The maximum atomic E-state index is 12.8. The first-order valence-electron chi connectivity index (χ1n) is 9.74. The van der Waals surface area contributed by atoms with Crippen molar-refractivity contribution >= 4 is 17.3 Å². The van der Waals surface area contributed by atoms with E-state index >= 15 is 0 Å². The van der Waals surface area contributed by atoms with Gasteiger partial charge in [-0.1, -0.05) is 30.3 Å². The zero-order valence-electron chi connectivity index (χ0n) is 16.5. The molecule has 28 heavy (non-hydrogen) atoms. The summed E-state index contributed by atoms with van der Waals surface area (Å²) in [5.41, 5.74) is 2.21. The second kappa shape index (κ2) is 8.87. The molecule has 2 aromatic carbocycles. The molecule has 0 unspecified atom stereocenters. The standard InChI is InChI=1S/C22H27N3O3/c1-23(2)20-11-10-19(16-21(20)25(27)28)22(26)24-14-12-18(13-15-24)9-8-17-6-4-3-5-7-17/h3-7,10-11,16,18H,8-9,12-15H2,1-2H3. The summed E-state index contributed by atoms with van der Waals surface area (Å²) in [6.45, 7) is 1.42. The highest BCUT2D eigenvalue weighted by Gasteiger charge is 2.26. The number of nitro benzene ring substituents is 1. The van der Waals surface area contributed by atoms with Crippen LogP contribution in [-0.4, -0.2) is 42.9 Å². The van der Waals surface area contributed by atoms with E-state index in [2.05, 4.69) is 24.3 Å². The highest BCUT2D eigenvalue weighted by atomic mass is 16.6. The van der Waals surface area contributed by atoms with Gasteiger partial charge in [0.25, 0.3) is 11.6 Å². The van der Waals surface area contributed by atoms with Crippen LogP contribution in [0.25, 0.3) is 0 Å². The van der Waals surface area contributed by atoms with E-state index in [9.17, 15) is 14.9 Å². The van der Waals surface area contributed by atoms with Crippen LogP contribution in [0.5, 0.6) is 0 Å². The maximum absolute atomic E-state index is 12.8. The molecule has 1 aliphatic heterocycles. The third-order valence-corrected chi connectivity index (χ3v) is 5.49. The smallest absolute Gasteiger partial charge is 0.293 e. The van der Waals surface area contributed by atoms with E-state index in [0.717, 1.165) is 25.7 Å². The fourth-order valence-electron chi connectivity index (χ4n) is 3.80. The van der Waals surface area contributed by atoms with Gasteiger partial charge in [-0.05, 0) is 49.3 Å². The molecule has 1 heterocycles. The van der Waals surface area contributed by atoms with Crippen molar-refractivity contribution in [3.05, 3.63) is 69.8 Å². The number of carbonyl (C=O) groups is 1. The second-order valence-electron chi connectivity index (χ2n) is 7.61. The molecule has 0 N–H and O–H groups in total. The van der Waals surface area contributed by atoms with Gasteiger partial charge in [-0.3, -0.25) is 14.9 Å². The molecule has 0 bridgehead atoms. The molecule has 0 radical (unpaired) electrons. The Hall–Kier alpha value is -2.89. The SMILES string of the molecule is CN(C)c1ccc(C(=O)N2CCC(CCc3ccccc3)CC2)cc1[N+](=O)[O-]. The van der Waals surface area contributed by atoms with Gasteiger partial charge in [0.15, 0.2) is 0 Å². The van der Waals surface area contributed by atoms with Crippen LogP contribution in [0.3, 0.4) is 0 Å². The molecule has 0 aliphatic carbocycles. The first-order chi connectivity index (χ1) is 13.5. The van der Waals surface area contributed by atoms with Crippen LogP contribution in [0.15, 0.2) is 48.5 Å². The lowest BCUT2D eigenvalue weighted by Crippen LogP contribution is -2.38. The van der Waals surface area contributed by atoms with Crippen molar-refractivity contribution < 1.29 is 9.72 Å². The minimum Gasteiger partial charge on any atom is -0.372 e. The van der Waals surface area contributed by atoms with E-state index in [-0.39, 0.29) is 11.6 Å². The number of hydrogen-bond acceptors (Lipinski definition) is 4. The van der Waals surface area contributed by atoms with Crippen LogP contribution in [0.1, 0.15) is 35.2 Å². The quantitative estimate of drug-likeness (QED) is 0.557. The molecule has 1 saturated heterocycles. The predicted molar refractivity (Wildman–Crippen MR) is 111 cm³/mol. The highest BCUT2D eigenvalue weighted by Crippen LogP contribution is 2.29. The van der Waals surface area contributed by atoms with Crippen molar-refractivity contribution in [1.29, 1.82) is 0 Å². The molecule has 148 valence electrons. The van der Waals surface area contributed by atoms with Crippen molar-refractivity contribution in [3.8, 4) is 0 Å². The zero-order valence-corrected chi connectivity index (χ0v) is 16.5. The number of aryl methyl sites for hydroxylation is 1. The molecule has 0 aromatic heterocycles. The van der Waals surface area contributed by atoms with Gasteiger partial charge in [-0.15, -0.1) is 0 Å². The van der Waals surface area contributed by atoms with E-state index in [0.29, 0.717) is 30.3 Å². The minimum absolute atomic E-state index is 0.0337. The summed E-state index contributed by atoms with van der Waals surface area (Å²) >= 11 is 0. The summed E-state index contributed by atoms with van der Waals surface area (Å²) < 4.78 is 0. The first-order valence-corrected chi connectivity index (χ1v) is 9.74. The molecule has 2 aromatic rings. The van der Waals surface area contributed by atoms with Crippen LogP contribution < -0.4 is 4.90 Å². The largest absolute Gasteiger partial charge is 0.372 e. The van der Waals surface area contributed by atoms with Gasteiger partial charge in [0.1, 0.15) is 5.69 Å². The van der Waals surface area contributed by atoms with Crippen molar-refractivity contribution in [2.75, 3.05) is 32.1 Å². The summed E-state index contributed by atoms with van der Waals surface area (Å²) in [4.78, 5) is 27.3. The van der Waals surface area contributed by atoms with Gasteiger partial charge in [0, 0.05) is 38.8 Å². The van der Waals surface area contributed by atoms with Gasteiger partial charge >= 0.3 is 0 Å². The Morgan fingerprint density at radius 1 is 1.14 bits per heavy atom. The number of carbonyl (C=O) groups excluding carboxylic acids is 1. The zero-order chi connectivity index (χ0) is 20.1. The van der Waals surface area contributed by atoms with E-state index in [1.54, 1.807) is 31.1 Å². The van der Waals surface area contributed by atoms with Crippen LogP contribution >= 0.6 is 0 Å². The molecule has 0 atom stereocenters. The summed E-state index contributed by atoms with van der Waals surface area (Å²) in [6, 6.07) is 15.2. The molecular formula is C22H27N3O3. The number of anilines is 1. The molecule has 6 heteroatoms. The van der Waals surface area contributed by atoms with Crippen LogP contribution in [0.4, 0.5) is 11.4 Å². The second-order valence-corrected chi connectivity index (χ2v) is 7.61. The van der Waals surface area contributed by atoms with Crippen LogP contribution in [-0.2, 0) is 6.42 Å². The third-order valence-electron chi connectivity index (χ3n) is 5.49. The third kappa shape index (κ3) is 4.68. The summed E-state index contributed by atoms with van der Waals surface area (Å²) in [5.74, 6) is 0.504. The van der Waals surface area contributed by atoms with E-state index in [1.165, 1.54) is 11.6 Å². The van der Waals surface area contributed by atoms with E-state index in [1.807, 2.05) is 11.0 Å². The lowest BCUT2D eigenvalue weighted by Gasteiger charge is -2.32. The number of benzene rings is 2. The van der Waals surface area contributed by atoms with Crippen molar-refractivity contribution in [2.24, 2.45) is 5.92 Å². The van der Waals surface area contributed by atoms with E-state index < -0.39 is 4.92 Å². The Bertz CT molecular complexity index is 828. The summed E-state index contributed by atoms with van der Waals surface area (Å²) in [7, 11) is 3.51. The molecule has 0 spiro atoms. The van der Waals surface area contributed by atoms with Crippen LogP contribution in [0, 0.1) is 16.0 Å². The molecule has 1 fully saturated rings. The molecule has 0 saturated carbocycles. The fourth-order valence-corrected chi connectivity index (χ4v) is 3.80. The first kappa shape index (κ1) is 19.9. The van der Waals surface area contributed by atoms with Crippen LogP contribution in [0.2, 0.25) is 0 Å². The molecule has 1 aliphatic rings. The average Bonchev–Trinajstić information content (AvgIpc) is 2.72. The lowest BCUT2D eigenvalue weighted by atomic mass is 9.90. The Morgan fingerprint density at radius 3 is 2.43 bits per heavy atom.